The summed E-state index contributed by atoms with van der Waals surface area (Å²) in [4.78, 5) is 23.3. The van der Waals surface area contributed by atoms with E-state index >= 15 is 0 Å². The Kier molecular flexibility index (Phi) is 6.05. The normalized spacial score (nSPS) is 10.5. The predicted molar refractivity (Wildman–Crippen MR) is 109 cm³/mol. The lowest BCUT2D eigenvalue weighted by molar-refractivity contribution is -0.114. The summed E-state index contributed by atoms with van der Waals surface area (Å²) in [6.07, 6.45) is 0. The maximum absolute atomic E-state index is 12.2. The van der Waals surface area contributed by atoms with Gasteiger partial charge in [-0.25, -0.2) is 0 Å². The second kappa shape index (κ2) is 8.66. The Hall–Kier alpha value is -3.20. The van der Waals surface area contributed by atoms with E-state index in [2.05, 4.69) is 26.2 Å². The molecule has 144 valence electrons. The quantitative estimate of drug-likeness (QED) is 0.621. The SMILES string of the molecule is CC(=O)Nc1ccc(NC(=O)CSc2nnnn2-c2ccc(C)c(C)c2)cc1. The standard InChI is InChI=1S/C19H20N6O2S/c1-12-4-9-17(10-13(12)2)25-19(22-23-24-25)28-11-18(27)21-16-7-5-15(6-8-16)20-14(3)26/h4-10H,11H2,1-3H3,(H,20,26)(H,21,27). The van der Waals surface area contributed by atoms with Gasteiger partial charge in [0.15, 0.2) is 0 Å². The number of aryl methyl sites for hydroxylation is 2. The Morgan fingerprint density at radius 1 is 1.00 bits per heavy atom. The number of aromatic nitrogens is 4. The molecule has 0 spiro atoms. The van der Waals surface area contributed by atoms with Crippen LogP contribution >= 0.6 is 11.8 Å². The zero-order valence-corrected chi connectivity index (χ0v) is 16.6. The molecule has 1 heterocycles. The third-order valence-electron chi connectivity index (χ3n) is 4.00. The highest BCUT2D eigenvalue weighted by Crippen LogP contribution is 2.21. The Morgan fingerprint density at radius 2 is 1.68 bits per heavy atom. The molecule has 28 heavy (non-hydrogen) atoms. The van der Waals surface area contributed by atoms with Gasteiger partial charge in [-0.15, -0.1) is 5.10 Å². The Balaban J connectivity index is 1.60. The zero-order chi connectivity index (χ0) is 20.1. The fourth-order valence-corrected chi connectivity index (χ4v) is 3.15. The van der Waals surface area contributed by atoms with Crippen molar-refractivity contribution in [2.75, 3.05) is 16.4 Å². The van der Waals surface area contributed by atoms with E-state index < -0.39 is 0 Å². The van der Waals surface area contributed by atoms with Crippen molar-refractivity contribution >= 4 is 35.0 Å². The monoisotopic (exact) mass is 396 g/mol. The molecule has 8 nitrogen and oxygen atoms in total. The molecule has 0 bridgehead atoms. The van der Waals surface area contributed by atoms with Crippen LogP contribution in [-0.2, 0) is 9.59 Å². The van der Waals surface area contributed by atoms with Gasteiger partial charge in [-0.2, -0.15) is 4.68 Å². The number of thioether (sulfide) groups is 1. The molecule has 2 N–H and O–H groups in total. The van der Waals surface area contributed by atoms with Crippen LogP contribution in [0.2, 0.25) is 0 Å². The molecule has 2 aromatic carbocycles. The number of rotatable bonds is 6. The van der Waals surface area contributed by atoms with Crippen molar-refractivity contribution in [3.8, 4) is 5.69 Å². The highest BCUT2D eigenvalue weighted by molar-refractivity contribution is 7.99. The van der Waals surface area contributed by atoms with Crippen LogP contribution in [0.15, 0.2) is 47.6 Å². The summed E-state index contributed by atoms with van der Waals surface area (Å²) < 4.78 is 1.62. The van der Waals surface area contributed by atoms with Crippen LogP contribution in [-0.4, -0.2) is 37.8 Å². The minimum absolute atomic E-state index is 0.144. The second-order valence-electron chi connectivity index (χ2n) is 6.24. The lowest BCUT2D eigenvalue weighted by atomic mass is 10.1. The summed E-state index contributed by atoms with van der Waals surface area (Å²) >= 11 is 1.26. The summed E-state index contributed by atoms with van der Waals surface area (Å²) in [5, 5.41) is 17.8. The fraction of sp³-hybridized carbons (Fsp3) is 0.211. The smallest absolute Gasteiger partial charge is 0.234 e. The number of nitrogens with zero attached hydrogens (tertiary/aromatic N) is 4. The van der Waals surface area contributed by atoms with Gasteiger partial charge in [-0.1, -0.05) is 17.8 Å². The number of anilines is 2. The van der Waals surface area contributed by atoms with Gasteiger partial charge in [-0.05, 0) is 71.8 Å². The molecule has 0 radical (unpaired) electrons. The summed E-state index contributed by atoms with van der Waals surface area (Å²) in [6.45, 7) is 5.51. The molecule has 0 saturated heterocycles. The van der Waals surface area contributed by atoms with Crippen LogP contribution in [0.25, 0.3) is 5.69 Å². The van der Waals surface area contributed by atoms with Crippen molar-refractivity contribution < 1.29 is 9.59 Å². The third-order valence-corrected chi connectivity index (χ3v) is 4.92. The second-order valence-corrected chi connectivity index (χ2v) is 7.18. The highest BCUT2D eigenvalue weighted by Gasteiger charge is 2.12. The predicted octanol–water partition coefficient (Wildman–Crippen LogP) is 2.97. The van der Waals surface area contributed by atoms with Crippen molar-refractivity contribution in [1.29, 1.82) is 0 Å². The average molecular weight is 396 g/mol. The van der Waals surface area contributed by atoms with Crippen molar-refractivity contribution in [1.82, 2.24) is 20.2 Å². The highest BCUT2D eigenvalue weighted by atomic mass is 32.2. The molecule has 0 atom stereocenters. The first-order chi connectivity index (χ1) is 13.4. The number of nitrogens with one attached hydrogen (secondary N) is 2. The molecule has 2 amide bonds. The number of carbonyl (C=O) groups excluding carboxylic acids is 2. The van der Waals surface area contributed by atoms with Crippen LogP contribution in [0.4, 0.5) is 11.4 Å². The average Bonchev–Trinajstić information content (AvgIpc) is 3.12. The van der Waals surface area contributed by atoms with Crippen molar-refractivity contribution in [3.63, 3.8) is 0 Å². The minimum atomic E-state index is -0.174. The number of benzene rings is 2. The Morgan fingerprint density at radius 3 is 2.32 bits per heavy atom. The van der Waals surface area contributed by atoms with Gasteiger partial charge >= 0.3 is 0 Å². The maximum atomic E-state index is 12.2. The lowest BCUT2D eigenvalue weighted by Gasteiger charge is -2.08. The molecule has 3 aromatic rings. The summed E-state index contributed by atoms with van der Waals surface area (Å²) in [5.41, 5.74) is 4.50. The number of carbonyl (C=O) groups is 2. The molecule has 0 unspecified atom stereocenters. The first kappa shape index (κ1) is 19.6. The third kappa shape index (κ3) is 4.95. The Bertz CT molecular complexity index is 1000. The van der Waals surface area contributed by atoms with E-state index in [1.54, 1.807) is 28.9 Å². The van der Waals surface area contributed by atoms with Gasteiger partial charge < -0.3 is 10.6 Å². The number of hydrogen-bond acceptors (Lipinski definition) is 6. The van der Waals surface area contributed by atoms with Gasteiger partial charge in [0.1, 0.15) is 0 Å². The van der Waals surface area contributed by atoms with E-state index in [9.17, 15) is 9.59 Å². The van der Waals surface area contributed by atoms with Crippen LogP contribution < -0.4 is 10.6 Å². The summed E-state index contributed by atoms with van der Waals surface area (Å²) in [6, 6.07) is 12.9. The molecule has 0 aliphatic heterocycles. The van der Waals surface area contributed by atoms with Crippen molar-refractivity contribution in [3.05, 3.63) is 53.6 Å². The lowest BCUT2D eigenvalue weighted by Crippen LogP contribution is -2.14. The largest absolute Gasteiger partial charge is 0.326 e. The molecule has 1 aromatic heterocycles. The molecular formula is C19H20N6O2S. The molecule has 0 saturated carbocycles. The topological polar surface area (TPSA) is 102 Å². The Labute approximate surface area is 166 Å². The first-order valence-corrected chi connectivity index (χ1v) is 9.57. The summed E-state index contributed by atoms with van der Waals surface area (Å²) in [7, 11) is 0. The molecule has 0 aliphatic rings. The molecule has 9 heteroatoms. The summed E-state index contributed by atoms with van der Waals surface area (Å²) in [5.74, 6) is -0.153. The first-order valence-electron chi connectivity index (χ1n) is 8.58. The fourth-order valence-electron chi connectivity index (χ4n) is 2.46. The van der Waals surface area contributed by atoms with Crippen LogP contribution in [0.5, 0.6) is 0 Å². The van der Waals surface area contributed by atoms with Crippen LogP contribution in [0.3, 0.4) is 0 Å². The molecule has 0 fully saturated rings. The zero-order valence-electron chi connectivity index (χ0n) is 15.8. The minimum Gasteiger partial charge on any atom is -0.326 e. The van der Waals surface area contributed by atoms with E-state index in [1.165, 1.54) is 24.2 Å². The maximum Gasteiger partial charge on any atom is 0.234 e. The van der Waals surface area contributed by atoms with Crippen LogP contribution in [0.1, 0.15) is 18.1 Å². The van der Waals surface area contributed by atoms with Gasteiger partial charge in [0.05, 0.1) is 11.4 Å². The van der Waals surface area contributed by atoms with E-state index in [0.717, 1.165) is 11.3 Å². The number of tetrazole rings is 1. The van der Waals surface area contributed by atoms with E-state index in [1.807, 2.05) is 32.0 Å². The van der Waals surface area contributed by atoms with Crippen molar-refractivity contribution in [2.24, 2.45) is 0 Å². The molecule has 0 aliphatic carbocycles. The molecular weight excluding hydrogens is 376 g/mol. The van der Waals surface area contributed by atoms with E-state index in [0.29, 0.717) is 16.5 Å². The molecule has 3 rings (SSSR count). The van der Waals surface area contributed by atoms with Gasteiger partial charge in [-0.3, -0.25) is 9.59 Å². The van der Waals surface area contributed by atoms with E-state index in [-0.39, 0.29) is 17.6 Å². The number of amides is 2. The van der Waals surface area contributed by atoms with Gasteiger partial charge in [0.2, 0.25) is 17.0 Å². The van der Waals surface area contributed by atoms with E-state index in [4.69, 9.17) is 0 Å². The van der Waals surface area contributed by atoms with Crippen molar-refractivity contribution in [2.45, 2.75) is 25.9 Å². The van der Waals surface area contributed by atoms with Gasteiger partial charge in [0, 0.05) is 18.3 Å². The number of hydrogen-bond donors (Lipinski definition) is 2. The van der Waals surface area contributed by atoms with Gasteiger partial charge in [0.25, 0.3) is 0 Å². The van der Waals surface area contributed by atoms with Crippen LogP contribution in [0, 0.1) is 13.8 Å².